The molecule has 12 nitrogen and oxygen atoms in total. The highest BCUT2D eigenvalue weighted by atomic mass is 31.2. The summed E-state index contributed by atoms with van der Waals surface area (Å²) in [5, 5.41) is 50.0. The molecule has 320 valence electrons. The number of phosphoric acid groups is 1. The van der Waals surface area contributed by atoms with Crippen molar-refractivity contribution in [3.05, 3.63) is 12.2 Å². The number of esters is 1. The van der Waals surface area contributed by atoms with Gasteiger partial charge in [0.2, 0.25) is 0 Å². The third kappa shape index (κ3) is 25.4. The molecule has 6 N–H and O–H groups in total. The maximum atomic E-state index is 12.8. The number of carbonyl (C=O) groups excluding carboxylic acids is 1. The molecule has 0 aliphatic heterocycles. The number of carbonyl (C=O) groups is 1. The van der Waals surface area contributed by atoms with Gasteiger partial charge >= 0.3 is 13.8 Å². The van der Waals surface area contributed by atoms with E-state index >= 15 is 0 Å². The molecule has 1 aliphatic carbocycles. The molecule has 6 atom stereocenters. The van der Waals surface area contributed by atoms with Gasteiger partial charge in [0, 0.05) is 13.0 Å². The fraction of sp³-hybridized carbons (Fsp3) is 0.927. The maximum absolute atomic E-state index is 12.8. The van der Waals surface area contributed by atoms with E-state index < -0.39 is 63.1 Å². The van der Waals surface area contributed by atoms with Crippen LogP contribution in [-0.4, -0.2) is 98.9 Å². The molecule has 54 heavy (non-hydrogen) atoms. The van der Waals surface area contributed by atoms with Gasteiger partial charge < -0.3 is 39.9 Å². The number of aliphatic hydroxyl groups excluding tert-OH is 5. The molecule has 1 saturated carbocycles. The summed E-state index contributed by atoms with van der Waals surface area (Å²) >= 11 is 0. The molecule has 0 amide bonds. The van der Waals surface area contributed by atoms with Crippen molar-refractivity contribution >= 4 is 13.8 Å². The molecular formula is C41H79O12P. The maximum Gasteiger partial charge on any atom is 0.472 e. The van der Waals surface area contributed by atoms with Crippen molar-refractivity contribution in [2.75, 3.05) is 19.8 Å². The first-order valence-electron chi connectivity index (χ1n) is 21.5. The van der Waals surface area contributed by atoms with Crippen LogP contribution in [0.2, 0.25) is 0 Å². The Labute approximate surface area is 327 Å². The molecule has 1 fully saturated rings. The van der Waals surface area contributed by atoms with E-state index in [0.717, 1.165) is 51.4 Å². The summed E-state index contributed by atoms with van der Waals surface area (Å²) in [6.45, 7) is 4.22. The average Bonchev–Trinajstić information content (AvgIpc) is 3.15. The normalized spacial score (nSPS) is 23.5. The van der Waals surface area contributed by atoms with Crippen LogP contribution in [0.25, 0.3) is 0 Å². The Morgan fingerprint density at radius 3 is 1.50 bits per heavy atom. The van der Waals surface area contributed by atoms with E-state index in [9.17, 15) is 39.8 Å². The van der Waals surface area contributed by atoms with E-state index in [-0.39, 0.29) is 13.0 Å². The number of unbranched alkanes of at least 4 members (excludes halogenated alkanes) is 22. The van der Waals surface area contributed by atoms with Crippen molar-refractivity contribution in [3.63, 3.8) is 0 Å². The smallest absolute Gasteiger partial charge is 0.457 e. The molecule has 0 saturated heterocycles. The zero-order valence-electron chi connectivity index (χ0n) is 33.8. The topological polar surface area (TPSA) is 192 Å². The molecular weight excluding hydrogens is 715 g/mol. The molecule has 0 radical (unpaired) electrons. The van der Waals surface area contributed by atoms with E-state index in [1.807, 2.05) is 0 Å². The number of ether oxygens (including phenoxy) is 2. The van der Waals surface area contributed by atoms with Crippen molar-refractivity contribution in [1.82, 2.24) is 0 Å². The van der Waals surface area contributed by atoms with Crippen molar-refractivity contribution in [3.8, 4) is 0 Å². The van der Waals surface area contributed by atoms with Crippen LogP contribution in [0.5, 0.6) is 0 Å². The first-order chi connectivity index (χ1) is 26.0. The fourth-order valence-corrected chi connectivity index (χ4v) is 7.62. The van der Waals surface area contributed by atoms with Gasteiger partial charge in [-0.1, -0.05) is 148 Å². The minimum atomic E-state index is -5.01. The molecule has 1 aliphatic rings. The Morgan fingerprint density at radius 2 is 0.981 bits per heavy atom. The molecule has 0 heterocycles. The minimum Gasteiger partial charge on any atom is -0.457 e. The van der Waals surface area contributed by atoms with Crippen LogP contribution in [-0.2, 0) is 27.9 Å². The highest BCUT2D eigenvalue weighted by Gasteiger charge is 2.51. The Kier molecular flexibility index (Phi) is 31.3. The molecule has 0 spiro atoms. The summed E-state index contributed by atoms with van der Waals surface area (Å²) in [6, 6.07) is 0. The van der Waals surface area contributed by atoms with Crippen molar-refractivity contribution in [2.24, 2.45) is 0 Å². The molecule has 0 bridgehead atoms. The van der Waals surface area contributed by atoms with E-state index in [0.29, 0.717) is 13.0 Å². The van der Waals surface area contributed by atoms with E-state index in [4.69, 9.17) is 18.5 Å². The second kappa shape index (κ2) is 33.1. The molecule has 6 unspecified atom stereocenters. The van der Waals surface area contributed by atoms with Gasteiger partial charge in [0.1, 0.15) is 42.7 Å². The number of hydrogen-bond donors (Lipinski definition) is 6. The minimum absolute atomic E-state index is 0.0760. The van der Waals surface area contributed by atoms with Gasteiger partial charge in [-0.05, 0) is 38.5 Å². The number of aliphatic hydroxyl groups is 5. The largest absolute Gasteiger partial charge is 0.472 e. The Balaban J connectivity index is 2.43. The number of hydrogen-bond acceptors (Lipinski definition) is 11. The number of phosphoric ester groups is 1. The summed E-state index contributed by atoms with van der Waals surface area (Å²) in [5.74, 6) is -0.478. The van der Waals surface area contributed by atoms with E-state index in [2.05, 4.69) is 26.0 Å². The lowest BCUT2D eigenvalue weighted by molar-refractivity contribution is -0.220. The third-order valence-corrected chi connectivity index (χ3v) is 11.1. The Hall–Kier alpha value is -0.920. The monoisotopic (exact) mass is 795 g/mol. The second-order valence-electron chi connectivity index (χ2n) is 15.2. The van der Waals surface area contributed by atoms with Gasteiger partial charge in [-0.15, -0.1) is 0 Å². The SMILES string of the molecule is CCCCC/C=C\CCCCCCCCOCC(COP(=O)(O)OC1C(O)C(O)C(O)C(O)C1O)OC(=O)CCCCCCCCCCCCCCCC. The summed E-state index contributed by atoms with van der Waals surface area (Å²) in [5.41, 5.74) is 0. The molecule has 13 heteroatoms. The molecule has 1 rings (SSSR count). The molecule has 0 aromatic carbocycles. The van der Waals surface area contributed by atoms with Crippen LogP contribution in [0, 0.1) is 0 Å². The van der Waals surface area contributed by atoms with Crippen molar-refractivity contribution in [1.29, 1.82) is 0 Å². The van der Waals surface area contributed by atoms with Gasteiger partial charge in [-0.25, -0.2) is 4.57 Å². The first kappa shape index (κ1) is 51.1. The van der Waals surface area contributed by atoms with Crippen molar-refractivity contribution in [2.45, 2.75) is 224 Å². The van der Waals surface area contributed by atoms with Crippen LogP contribution < -0.4 is 0 Å². The Morgan fingerprint density at radius 1 is 0.574 bits per heavy atom. The predicted molar refractivity (Wildman–Crippen MR) is 212 cm³/mol. The first-order valence-corrected chi connectivity index (χ1v) is 23.0. The fourth-order valence-electron chi connectivity index (χ4n) is 6.64. The van der Waals surface area contributed by atoms with Crippen molar-refractivity contribution < 1.29 is 58.3 Å². The Bertz CT molecular complexity index is 952. The average molecular weight is 795 g/mol. The standard InChI is InChI=1S/C41H79O12P/c1-3-5-7-9-11-13-15-17-18-20-22-24-26-28-30-35(42)52-34(32-50-31-29-27-25-23-21-19-16-14-12-10-8-6-4-2)33-51-54(48,49)53-41-39(46)37(44)36(43)38(45)40(41)47/h12,14,34,36-41,43-47H,3-11,13,15-33H2,1-2H3,(H,48,49)/b14-12-. The lowest BCUT2D eigenvalue weighted by Gasteiger charge is -2.41. The summed E-state index contributed by atoms with van der Waals surface area (Å²) in [7, 11) is -5.01. The van der Waals surface area contributed by atoms with Crippen LogP contribution in [0.3, 0.4) is 0 Å². The van der Waals surface area contributed by atoms with E-state index in [1.165, 1.54) is 103 Å². The van der Waals surface area contributed by atoms with Gasteiger partial charge in [-0.2, -0.15) is 0 Å². The molecule has 0 aromatic rings. The van der Waals surface area contributed by atoms with Crippen LogP contribution in [0.1, 0.15) is 181 Å². The zero-order chi connectivity index (χ0) is 39.9. The van der Waals surface area contributed by atoms with Gasteiger partial charge in [-0.3, -0.25) is 13.8 Å². The third-order valence-electron chi connectivity index (χ3n) is 10.1. The molecule has 0 aromatic heterocycles. The summed E-state index contributed by atoms with van der Waals surface area (Å²) in [6.07, 6.45) is 21.4. The number of rotatable bonds is 36. The van der Waals surface area contributed by atoms with Crippen LogP contribution in [0.4, 0.5) is 0 Å². The van der Waals surface area contributed by atoms with Gasteiger partial charge in [0.05, 0.1) is 13.2 Å². The summed E-state index contributed by atoms with van der Waals surface area (Å²) in [4.78, 5) is 23.1. The van der Waals surface area contributed by atoms with Crippen LogP contribution in [0.15, 0.2) is 12.2 Å². The second-order valence-corrected chi connectivity index (χ2v) is 16.6. The lowest BCUT2D eigenvalue weighted by Crippen LogP contribution is -2.64. The summed E-state index contributed by atoms with van der Waals surface area (Å²) < 4.78 is 34.1. The van der Waals surface area contributed by atoms with Crippen LogP contribution >= 0.6 is 7.82 Å². The zero-order valence-corrected chi connectivity index (χ0v) is 34.7. The highest BCUT2D eigenvalue weighted by Crippen LogP contribution is 2.47. The highest BCUT2D eigenvalue weighted by molar-refractivity contribution is 7.47. The quantitative estimate of drug-likeness (QED) is 0.0155. The predicted octanol–water partition coefficient (Wildman–Crippen LogP) is 7.97. The lowest BCUT2D eigenvalue weighted by atomic mass is 9.85. The van der Waals surface area contributed by atoms with Gasteiger partial charge in [0.15, 0.2) is 0 Å². The van der Waals surface area contributed by atoms with E-state index in [1.54, 1.807) is 0 Å². The number of allylic oxidation sites excluding steroid dienone is 2. The van der Waals surface area contributed by atoms with Gasteiger partial charge in [0.25, 0.3) is 0 Å².